The zero-order valence-electron chi connectivity index (χ0n) is 30.0. The second kappa shape index (κ2) is 14.9. The minimum absolute atomic E-state index is 0. The summed E-state index contributed by atoms with van der Waals surface area (Å²) in [6.07, 6.45) is 8.93. The molecule has 1 N–H and O–H groups in total. The third kappa shape index (κ3) is 7.57. The van der Waals surface area contributed by atoms with Crippen molar-refractivity contribution in [3.05, 3.63) is 65.0 Å². The molecular weight excluding hydrogens is 650 g/mol. The molecule has 2 aromatic carbocycles. The number of benzene rings is 2. The van der Waals surface area contributed by atoms with Gasteiger partial charge in [-0.25, -0.2) is 9.18 Å². The van der Waals surface area contributed by atoms with E-state index >= 15 is 4.39 Å². The Balaban J connectivity index is 0.00000209. The number of nitrogens with zero attached hydrogens (tertiary/aromatic N) is 4. The summed E-state index contributed by atoms with van der Waals surface area (Å²) < 4.78 is 15.8. The van der Waals surface area contributed by atoms with Crippen LogP contribution in [0.4, 0.5) is 14.9 Å². The lowest BCUT2D eigenvalue weighted by Crippen LogP contribution is -2.50. The van der Waals surface area contributed by atoms with Crippen molar-refractivity contribution < 1.29 is 23.1 Å². The van der Waals surface area contributed by atoms with Gasteiger partial charge >= 0.3 is 6.03 Å². The van der Waals surface area contributed by atoms with E-state index < -0.39 is 5.25 Å². The van der Waals surface area contributed by atoms with Gasteiger partial charge < -0.3 is 24.9 Å². The molecule has 5 aliphatic rings. The lowest BCUT2D eigenvalue weighted by Gasteiger charge is -2.42. The standard InChI is InChI=1S/C40H54FN5O3S.3H2/c1-40(2,3)19-25-46-37(48)34(50-38(46)31-11-7-12-32(41)36(31)28-14-20-43(21-15-28)29-9-6-10-29)26-35(47)44-22-17-30(18-23-44)45-24-16-27-8-4-5-13-33(27)42-39(45)49;;;/h4-5,7-8,11-13,28-30,34,38H,6,9-10,14-26H2,1-3H3,(H,42,49);3*1H/t34-,38?;;;/m0.../s1. The van der Waals surface area contributed by atoms with E-state index in [0.717, 1.165) is 61.2 Å². The molecule has 10 heteroatoms. The Kier molecular flexibility index (Phi) is 10.5. The number of carbonyl (C=O) groups is 3. The molecule has 4 aliphatic heterocycles. The maximum atomic E-state index is 15.8. The van der Waals surface area contributed by atoms with Gasteiger partial charge in [0.25, 0.3) is 0 Å². The number of halogens is 1. The van der Waals surface area contributed by atoms with Gasteiger partial charge in [0.15, 0.2) is 0 Å². The first kappa shape index (κ1) is 35.3. The number of para-hydroxylation sites is 1. The van der Waals surface area contributed by atoms with Gasteiger partial charge in [-0.3, -0.25) is 9.59 Å². The van der Waals surface area contributed by atoms with Crippen molar-refractivity contribution in [2.24, 2.45) is 5.41 Å². The summed E-state index contributed by atoms with van der Waals surface area (Å²) in [5, 5.41) is 2.26. The Morgan fingerprint density at radius 1 is 0.920 bits per heavy atom. The number of nitrogens with one attached hydrogen (secondary N) is 1. The predicted octanol–water partition coefficient (Wildman–Crippen LogP) is 8.15. The van der Waals surface area contributed by atoms with E-state index in [1.165, 1.54) is 31.0 Å². The van der Waals surface area contributed by atoms with Gasteiger partial charge in [-0.15, -0.1) is 11.8 Å². The van der Waals surface area contributed by atoms with E-state index in [0.29, 0.717) is 45.1 Å². The first-order valence-corrected chi connectivity index (χ1v) is 19.9. The number of fused-ring (bicyclic) bond motifs is 1. The van der Waals surface area contributed by atoms with Crippen molar-refractivity contribution in [2.45, 2.75) is 114 Å². The van der Waals surface area contributed by atoms with Crippen molar-refractivity contribution >= 4 is 35.3 Å². The van der Waals surface area contributed by atoms with Crippen LogP contribution in [-0.2, 0) is 16.0 Å². The molecule has 50 heavy (non-hydrogen) atoms. The maximum Gasteiger partial charge on any atom is 0.322 e. The van der Waals surface area contributed by atoms with Gasteiger partial charge in [0.1, 0.15) is 11.2 Å². The number of hydrogen-bond acceptors (Lipinski definition) is 5. The molecule has 4 fully saturated rings. The zero-order chi connectivity index (χ0) is 35.0. The summed E-state index contributed by atoms with van der Waals surface area (Å²) in [5.41, 5.74) is 3.74. The van der Waals surface area contributed by atoms with Crippen LogP contribution in [0.3, 0.4) is 0 Å². The molecule has 2 aromatic rings. The highest BCUT2D eigenvalue weighted by Crippen LogP contribution is 2.49. The summed E-state index contributed by atoms with van der Waals surface area (Å²) in [7, 11) is 0. The molecule has 2 atom stereocenters. The molecule has 4 amide bonds. The topological polar surface area (TPSA) is 76.2 Å². The molecule has 7 rings (SSSR count). The van der Waals surface area contributed by atoms with Crippen molar-refractivity contribution in [3.8, 4) is 0 Å². The number of thioether (sulfide) groups is 1. The molecule has 276 valence electrons. The lowest BCUT2D eigenvalue weighted by atomic mass is 9.83. The number of anilines is 1. The van der Waals surface area contributed by atoms with Crippen LogP contribution in [0, 0.1) is 11.2 Å². The van der Waals surface area contributed by atoms with E-state index in [4.69, 9.17) is 0 Å². The Hall–Kier alpha value is -3.11. The first-order valence-electron chi connectivity index (χ1n) is 19.0. The molecule has 1 saturated carbocycles. The van der Waals surface area contributed by atoms with E-state index in [9.17, 15) is 14.4 Å². The second-order valence-electron chi connectivity index (χ2n) is 16.3. The average Bonchev–Trinajstić information content (AvgIpc) is 3.26. The Bertz CT molecular complexity index is 1580. The summed E-state index contributed by atoms with van der Waals surface area (Å²) >= 11 is 1.54. The van der Waals surface area contributed by atoms with Gasteiger partial charge in [-0.05, 0) is 105 Å². The van der Waals surface area contributed by atoms with E-state index in [1.54, 1.807) is 12.1 Å². The molecule has 4 heterocycles. The maximum absolute atomic E-state index is 15.8. The molecular formula is C40H60FN5O3S. The molecule has 0 spiro atoms. The van der Waals surface area contributed by atoms with Gasteiger partial charge in [0, 0.05) is 54.7 Å². The third-order valence-electron chi connectivity index (χ3n) is 11.9. The highest BCUT2D eigenvalue weighted by atomic mass is 32.2. The molecule has 3 saturated heterocycles. The quantitative estimate of drug-likeness (QED) is 0.300. The molecule has 0 bridgehead atoms. The van der Waals surface area contributed by atoms with Crippen LogP contribution in [0.2, 0.25) is 0 Å². The number of amides is 4. The molecule has 8 nitrogen and oxygen atoms in total. The fourth-order valence-corrected chi connectivity index (χ4v) is 10.1. The molecule has 1 unspecified atom stereocenters. The van der Waals surface area contributed by atoms with Gasteiger partial charge in [-0.2, -0.15) is 0 Å². The fourth-order valence-electron chi connectivity index (χ4n) is 8.61. The predicted molar refractivity (Wildman–Crippen MR) is 204 cm³/mol. The Labute approximate surface area is 305 Å². The number of piperidine rings is 2. The number of rotatable bonds is 8. The van der Waals surface area contributed by atoms with Crippen LogP contribution in [0.25, 0.3) is 0 Å². The van der Waals surface area contributed by atoms with Crippen LogP contribution >= 0.6 is 11.8 Å². The molecule has 1 aliphatic carbocycles. The smallest absolute Gasteiger partial charge is 0.322 e. The number of carbonyl (C=O) groups excluding carboxylic acids is 3. The third-order valence-corrected chi connectivity index (χ3v) is 13.3. The van der Waals surface area contributed by atoms with E-state index in [2.05, 4.69) is 37.1 Å². The Morgan fingerprint density at radius 2 is 1.66 bits per heavy atom. The van der Waals surface area contributed by atoms with Crippen molar-refractivity contribution in [3.63, 3.8) is 0 Å². The van der Waals surface area contributed by atoms with Crippen LogP contribution < -0.4 is 5.32 Å². The van der Waals surface area contributed by atoms with E-state index in [1.807, 2.05) is 39.0 Å². The fraction of sp³-hybridized carbons (Fsp3) is 0.625. The largest absolute Gasteiger partial charge is 0.342 e. The van der Waals surface area contributed by atoms with E-state index in [-0.39, 0.29) is 57.1 Å². The normalized spacial score (nSPS) is 24.6. The molecule has 0 radical (unpaired) electrons. The molecule has 0 aromatic heterocycles. The number of likely N-dealkylation sites (tertiary alicyclic amines) is 2. The van der Waals surface area contributed by atoms with Gasteiger partial charge in [0.05, 0.1) is 5.25 Å². The summed E-state index contributed by atoms with van der Waals surface area (Å²) in [6.45, 7) is 10.9. The monoisotopic (exact) mass is 709 g/mol. The van der Waals surface area contributed by atoms with Gasteiger partial charge in [0.2, 0.25) is 11.8 Å². The minimum Gasteiger partial charge on any atom is -0.342 e. The summed E-state index contributed by atoms with van der Waals surface area (Å²) in [4.78, 5) is 49.4. The summed E-state index contributed by atoms with van der Waals surface area (Å²) in [6, 6.07) is 14.0. The van der Waals surface area contributed by atoms with Crippen LogP contribution in [0.5, 0.6) is 0 Å². The van der Waals surface area contributed by atoms with Crippen LogP contribution in [-0.4, -0.2) is 94.0 Å². The SMILES string of the molecule is CC(C)(C)CCN1C(=O)[C@H](CC(=O)N2CCC(N3CCc4ccccc4NC3=O)CC2)SC1c1cccc(F)c1C1CCN(C2CCC2)CC1.[HH].[HH].[HH]. The number of hydrogen-bond donors (Lipinski definition) is 1. The Morgan fingerprint density at radius 3 is 2.36 bits per heavy atom. The van der Waals surface area contributed by atoms with Crippen molar-refractivity contribution in [1.29, 1.82) is 0 Å². The van der Waals surface area contributed by atoms with Crippen LogP contribution in [0.15, 0.2) is 42.5 Å². The lowest BCUT2D eigenvalue weighted by molar-refractivity contribution is -0.137. The minimum atomic E-state index is -0.503. The highest BCUT2D eigenvalue weighted by molar-refractivity contribution is 8.01. The van der Waals surface area contributed by atoms with Crippen molar-refractivity contribution in [1.82, 2.24) is 19.6 Å². The summed E-state index contributed by atoms with van der Waals surface area (Å²) in [5.74, 6) is -0.0625. The van der Waals surface area contributed by atoms with Crippen molar-refractivity contribution in [2.75, 3.05) is 44.6 Å². The second-order valence-corrected chi connectivity index (χ2v) is 17.6. The average molecular weight is 710 g/mol. The zero-order valence-corrected chi connectivity index (χ0v) is 30.9. The number of urea groups is 1. The van der Waals surface area contributed by atoms with Gasteiger partial charge in [-0.1, -0.05) is 57.5 Å². The first-order chi connectivity index (χ1) is 24.1. The van der Waals surface area contributed by atoms with Crippen LogP contribution in [0.1, 0.15) is 111 Å². The highest BCUT2D eigenvalue weighted by Gasteiger charge is 2.45.